The Bertz CT molecular complexity index is 342. The van der Waals surface area contributed by atoms with Gasteiger partial charge in [-0.15, -0.1) is 0 Å². The minimum atomic E-state index is 0.807. The van der Waals surface area contributed by atoms with Crippen molar-refractivity contribution in [2.24, 2.45) is 11.8 Å². The van der Waals surface area contributed by atoms with Gasteiger partial charge >= 0.3 is 0 Å². The molecule has 0 radical (unpaired) electrons. The summed E-state index contributed by atoms with van der Waals surface area (Å²) in [7, 11) is 1.66. The summed E-state index contributed by atoms with van der Waals surface area (Å²) in [6.07, 6.45) is 8.64. The molecule has 1 aliphatic rings. The molecule has 0 amide bonds. The zero-order valence-electron chi connectivity index (χ0n) is 11.5. The minimum Gasteiger partial charge on any atom is -0.495 e. The van der Waals surface area contributed by atoms with Gasteiger partial charge in [0.1, 0.15) is 11.6 Å². The van der Waals surface area contributed by atoms with Crippen molar-refractivity contribution < 1.29 is 4.74 Å². The topological polar surface area (TPSA) is 34.1 Å². The average Bonchev–Trinajstić information content (AvgIpc) is 2.42. The first kappa shape index (κ1) is 13.2. The highest BCUT2D eigenvalue weighted by Gasteiger charge is 2.17. The fourth-order valence-electron chi connectivity index (χ4n) is 2.63. The third-order valence-corrected chi connectivity index (χ3v) is 3.97. The van der Waals surface area contributed by atoms with Gasteiger partial charge in [0.15, 0.2) is 0 Å². The van der Waals surface area contributed by atoms with Gasteiger partial charge in [-0.2, -0.15) is 0 Å². The molecular weight excluding hydrogens is 224 g/mol. The van der Waals surface area contributed by atoms with Crippen LogP contribution in [0.5, 0.6) is 5.75 Å². The van der Waals surface area contributed by atoms with Crippen LogP contribution in [-0.4, -0.2) is 18.6 Å². The molecule has 3 nitrogen and oxygen atoms in total. The van der Waals surface area contributed by atoms with Gasteiger partial charge in [-0.3, -0.25) is 0 Å². The average molecular weight is 248 g/mol. The highest BCUT2D eigenvalue weighted by molar-refractivity contribution is 5.37. The Morgan fingerprint density at radius 2 is 2.06 bits per heavy atom. The number of nitrogens with one attached hydrogen (secondary N) is 1. The van der Waals surface area contributed by atoms with Crippen molar-refractivity contribution in [1.29, 1.82) is 0 Å². The molecule has 0 atom stereocenters. The summed E-state index contributed by atoms with van der Waals surface area (Å²) in [5, 5.41) is 3.39. The summed E-state index contributed by atoms with van der Waals surface area (Å²) in [5.41, 5.74) is 0. The first-order valence-electron chi connectivity index (χ1n) is 7.02. The molecule has 0 spiro atoms. The SMILES string of the molecule is COc1ccc(NCCC2CCC(C)CC2)nc1. The fraction of sp³-hybridized carbons (Fsp3) is 0.667. The van der Waals surface area contributed by atoms with Crippen LogP contribution < -0.4 is 10.1 Å². The van der Waals surface area contributed by atoms with Crippen LogP contribution >= 0.6 is 0 Å². The van der Waals surface area contributed by atoms with Crippen LogP contribution in [0.4, 0.5) is 5.82 Å². The fourth-order valence-corrected chi connectivity index (χ4v) is 2.63. The van der Waals surface area contributed by atoms with Gasteiger partial charge in [-0.1, -0.05) is 32.6 Å². The molecule has 1 N–H and O–H groups in total. The molecule has 2 rings (SSSR count). The molecule has 0 unspecified atom stereocenters. The maximum atomic E-state index is 5.09. The molecule has 0 aliphatic heterocycles. The van der Waals surface area contributed by atoms with E-state index < -0.39 is 0 Å². The summed E-state index contributed by atoms with van der Waals surface area (Å²) in [4.78, 5) is 4.31. The molecule has 1 saturated carbocycles. The van der Waals surface area contributed by atoms with Crippen molar-refractivity contribution in [2.75, 3.05) is 19.0 Å². The highest BCUT2D eigenvalue weighted by atomic mass is 16.5. The predicted octanol–water partition coefficient (Wildman–Crippen LogP) is 3.72. The van der Waals surface area contributed by atoms with Crippen molar-refractivity contribution in [3.8, 4) is 5.75 Å². The molecule has 0 bridgehead atoms. The molecule has 1 fully saturated rings. The number of nitrogens with zero attached hydrogens (tertiary/aromatic N) is 1. The zero-order chi connectivity index (χ0) is 12.8. The van der Waals surface area contributed by atoms with Gasteiger partial charge in [0.25, 0.3) is 0 Å². The Hall–Kier alpha value is -1.25. The largest absolute Gasteiger partial charge is 0.495 e. The van der Waals surface area contributed by atoms with Crippen LogP contribution in [0.25, 0.3) is 0 Å². The van der Waals surface area contributed by atoms with E-state index in [9.17, 15) is 0 Å². The maximum absolute atomic E-state index is 5.09. The Labute approximate surface area is 110 Å². The molecule has 0 aromatic carbocycles. The summed E-state index contributed by atoms with van der Waals surface area (Å²) in [6, 6.07) is 3.92. The predicted molar refractivity (Wildman–Crippen MR) is 75.0 cm³/mol. The minimum absolute atomic E-state index is 0.807. The second-order valence-corrected chi connectivity index (χ2v) is 5.42. The van der Waals surface area contributed by atoms with E-state index in [0.29, 0.717) is 0 Å². The number of pyridine rings is 1. The van der Waals surface area contributed by atoms with Crippen molar-refractivity contribution >= 4 is 5.82 Å². The first-order valence-corrected chi connectivity index (χ1v) is 7.02. The third-order valence-electron chi connectivity index (χ3n) is 3.97. The number of rotatable bonds is 5. The van der Waals surface area contributed by atoms with Gasteiger partial charge in [0, 0.05) is 6.54 Å². The van der Waals surface area contributed by atoms with Crippen LogP contribution in [0.2, 0.25) is 0 Å². The van der Waals surface area contributed by atoms with Gasteiger partial charge in [0.05, 0.1) is 13.3 Å². The number of aromatic nitrogens is 1. The van der Waals surface area contributed by atoms with E-state index in [-0.39, 0.29) is 0 Å². The van der Waals surface area contributed by atoms with Crippen molar-refractivity contribution in [1.82, 2.24) is 4.98 Å². The summed E-state index contributed by atoms with van der Waals surface area (Å²) in [6.45, 7) is 3.40. The molecule has 3 heteroatoms. The second kappa shape index (κ2) is 6.62. The van der Waals surface area contributed by atoms with Crippen LogP contribution in [-0.2, 0) is 0 Å². The molecule has 18 heavy (non-hydrogen) atoms. The van der Waals surface area contributed by atoms with Gasteiger partial charge in [0.2, 0.25) is 0 Å². The van der Waals surface area contributed by atoms with E-state index in [2.05, 4.69) is 17.2 Å². The quantitative estimate of drug-likeness (QED) is 0.862. The van der Waals surface area contributed by atoms with E-state index in [0.717, 1.165) is 29.9 Å². The molecule has 1 heterocycles. The standard InChI is InChI=1S/C15H24N2O/c1-12-3-5-13(6-4-12)9-10-16-15-8-7-14(18-2)11-17-15/h7-8,11-13H,3-6,9-10H2,1-2H3,(H,16,17). The smallest absolute Gasteiger partial charge is 0.137 e. The lowest BCUT2D eigenvalue weighted by Gasteiger charge is -2.26. The van der Waals surface area contributed by atoms with Crippen LogP contribution in [0.1, 0.15) is 39.0 Å². The molecular formula is C15H24N2O. The molecule has 100 valence electrons. The maximum Gasteiger partial charge on any atom is 0.137 e. The summed E-state index contributed by atoms with van der Waals surface area (Å²) in [5.74, 6) is 3.60. The van der Waals surface area contributed by atoms with Gasteiger partial charge in [-0.05, 0) is 30.4 Å². The molecule has 1 aromatic rings. The third kappa shape index (κ3) is 3.90. The lowest BCUT2D eigenvalue weighted by molar-refractivity contribution is 0.282. The van der Waals surface area contributed by atoms with Crippen molar-refractivity contribution in [2.45, 2.75) is 39.0 Å². The second-order valence-electron chi connectivity index (χ2n) is 5.42. The normalized spacial score (nSPS) is 23.7. The lowest BCUT2D eigenvalue weighted by Crippen LogP contribution is -2.16. The lowest BCUT2D eigenvalue weighted by atomic mass is 9.81. The number of hydrogen-bond donors (Lipinski definition) is 1. The number of methoxy groups -OCH3 is 1. The zero-order valence-corrected chi connectivity index (χ0v) is 11.5. The number of ether oxygens (including phenoxy) is 1. The molecule has 1 aromatic heterocycles. The van der Waals surface area contributed by atoms with E-state index in [1.165, 1.54) is 32.1 Å². The molecule has 1 aliphatic carbocycles. The number of hydrogen-bond acceptors (Lipinski definition) is 3. The van der Waals surface area contributed by atoms with Crippen LogP contribution in [0.3, 0.4) is 0 Å². The monoisotopic (exact) mass is 248 g/mol. The van der Waals surface area contributed by atoms with E-state index in [1.54, 1.807) is 13.3 Å². The van der Waals surface area contributed by atoms with E-state index in [1.807, 2.05) is 12.1 Å². The summed E-state index contributed by atoms with van der Waals surface area (Å²) >= 11 is 0. The Morgan fingerprint density at radius 1 is 1.28 bits per heavy atom. The van der Waals surface area contributed by atoms with Gasteiger partial charge < -0.3 is 10.1 Å². The van der Waals surface area contributed by atoms with E-state index >= 15 is 0 Å². The van der Waals surface area contributed by atoms with Gasteiger partial charge in [-0.25, -0.2) is 4.98 Å². The molecule has 0 saturated heterocycles. The van der Waals surface area contributed by atoms with Crippen LogP contribution in [0, 0.1) is 11.8 Å². The number of anilines is 1. The summed E-state index contributed by atoms with van der Waals surface area (Å²) < 4.78 is 5.09. The van der Waals surface area contributed by atoms with E-state index in [4.69, 9.17) is 4.74 Å². The Kier molecular flexibility index (Phi) is 4.85. The first-order chi connectivity index (χ1) is 8.78. The Morgan fingerprint density at radius 3 is 2.67 bits per heavy atom. The van der Waals surface area contributed by atoms with Crippen molar-refractivity contribution in [3.63, 3.8) is 0 Å². The Balaban J connectivity index is 1.68. The highest BCUT2D eigenvalue weighted by Crippen LogP contribution is 2.30. The van der Waals surface area contributed by atoms with Crippen molar-refractivity contribution in [3.05, 3.63) is 18.3 Å². The van der Waals surface area contributed by atoms with Crippen LogP contribution in [0.15, 0.2) is 18.3 Å².